The highest BCUT2D eigenvalue weighted by molar-refractivity contribution is 6.32. The van der Waals surface area contributed by atoms with Gasteiger partial charge in [0.2, 0.25) is 5.91 Å². The molecule has 0 saturated carbocycles. The fourth-order valence-electron chi connectivity index (χ4n) is 1.78. The number of hydrazone groups is 1. The molecule has 0 spiro atoms. The molecule has 0 aliphatic carbocycles. The Labute approximate surface area is 136 Å². The molecule has 1 N–H and O–H groups in total. The topological polar surface area (TPSA) is 59.9 Å². The van der Waals surface area contributed by atoms with Gasteiger partial charge in [-0.3, -0.25) is 4.79 Å². The van der Waals surface area contributed by atoms with Crippen molar-refractivity contribution < 1.29 is 14.3 Å². The minimum Gasteiger partial charge on any atom is -0.490 e. The Morgan fingerprint density at radius 2 is 2.00 bits per heavy atom. The highest BCUT2D eigenvalue weighted by atomic mass is 35.5. The molecule has 1 aromatic rings. The Bertz CT molecular complexity index is 518. The summed E-state index contributed by atoms with van der Waals surface area (Å²) in [5.41, 5.74) is 3.22. The first-order chi connectivity index (χ1) is 10.6. The standard InChI is InChI=1S/C16H23ClN2O3/c1-4-7-8-15(20)19-18-11-12-9-13(17)16(22-6-3)14(10-12)21-5-2/h9-11H,4-8H2,1-3H3,(H,19,20)/b18-11+. The molecule has 6 heteroatoms. The first kappa shape index (κ1) is 18.3. The fourth-order valence-corrected chi connectivity index (χ4v) is 2.06. The molecule has 0 aliphatic rings. The van der Waals surface area contributed by atoms with Crippen LogP contribution in [0, 0.1) is 0 Å². The van der Waals surface area contributed by atoms with Crippen molar-refractivity contribution in [3.8, 4) is 11.5 Å². The maximum atomic E-state index is 11.5. The predicted octanol–water partition coefficient (Wildman–Crippen LogP) is 3.78. The van der Waals surface area contributed by atoms with Crippen LogP contribution in [0.15, 0.2) is 17.2 Å². The van der Waals surface area contributed by atoms with Crippen molar-refractivity contribution in [1.82, 2.24) is 5.43 Å². The zero-order chi connectivity index (χ0) is 16.4. The number of nitrogens with zero attached hydrogens (tertiary/aromatic N) is 1. The van der Waals surface area contributed by atoms with E-state index in [9.17, 15) is 4.79 Å². The van der Waals surface area contributed by atoms with Gasteiger partial charge < -0.3 is 9.47 Å². The van der Waals surface area contributed by atoms with Gasteiger partial charge in [-0.15, -0.1) is 0 Å². The van der Waals surface area contributed by atoms with Crippen LogP contribution < -0.4 is 14.9 Å². The summed E-state index contributed by atoms with van der Waals surface area (Å²) < 4.78 is 11.0. The predicted molar refractivity (Wildman–Crippen MR) is 89.1 cm³/mol. The second-order valence-corrected chi connectivity index (χ2v) is 5.00. The molecule has 0 heterocycles. The van der Waals surface area contributed by atoms with Crippen LogP contribution in [-0.2, 0) is 4.79 Å². The molecule has 0 bridgehead atoms. The second kappa shape index (κ2) is 10.1. The summed E-state index contributed by atoms with van der Waals surface area (Å²) in [7, 11) is 0. The second-order valence-electron chi connectivity index (χ2n) is 4.59. The van der Waals surface area contributed by atoms with Crippen LogP contribution in [0.25, 0.3) is 0 Å². The molecule has 0 unspecified atom stereocenters. The molecule has 1 aromatic carbocycles. The monoisotopic (exact) mass is 326 g/mol. The van der Waals surface area contributed by atoms with Crippen LogP contribution in [0.5, 0.6) is 11.5 Å². The van der Waals surface area contributed by atoms with E-state index >= 15 is 0 Å². The number of benzene rings is 1. The van der Waals surface area contributed by atoms with E-state index in [2.05, 4.69) is 10.5 Å². The average molecular weight is 327 g/mol. The van der Waals surface area contributed by atoms with Crippen molar-refractivity contribution in [2.45, 2.75) is 40.0 Å². The van der Waals surface area contributed by atoms with E-state index in [-0.39, 0.29) is 5.91 Å². The van der Waals surface area contributed by atoms with Crippen LogP contribution in [0.2, 0.25) is 5.02 Å². The minimum absolute atomic E-state index is 0.0971. The number of carbonyl (C=O) groups is 1. The van der Waals surface area contributed by atoms with Gasteiger partial charge in [0, 0.05) is 6.42 Å². The molecule has 1 rings (SSSR count). The molecule has 0 atom stereocenters. The van der Waals surface area contributed by atoms with Crippen molar-refractivity contribution in [3.05, 3.63) is 22.7 Å². The number of hydrogen-bond donors (Lipinski definition) is 1. The van der Waals surface area contributed by atoms with Crippen molar-refractivity contribution in [2.24, 2.45) is 5.10 Å². The molecule has 0 fully saturated rings. The third-order valence-corrected chi connectivity index (χ3v) is 3.06. The van der Waals surface area contributed by atoms with E-state index in [0.29, 0.717) is 36.2 Å². The first-order valence-electron chi connectivity index (χ1n) is 7.53. The molecular weight excluding hydrogens is 304 g/mol. The number of amides is 1. The van der Waals surface area contributed by atoms with E-state index in [1.54, 1.807) is 12.1 Å². The van der Waals surface area contributed by atoms with Crippen molar-refractivity contribution in [2.75, 3.05) is 13.2 Å². The van der Waals surface area contributed by atoms with Crippen LogP contribution in [0.3, 0.4) is 0 Å². The molecule has 5 nitrogen and oxygen atoms in total. The van der Waals surface area contributed by atoms with E-state index < -0.39 is 0 Å². The third kappa shape index (κ3) is 5.93. The van der Waals surface area contributed by atoms with Crippen molar-refractivity contribution in [3.63, 3.8) is 0 Å². The summed E-state index contributed by atoms with van der Waals surface area (Å²) >= 11 is 6.21. The SMILES string of the molecule is CCCCC(=O)N/N=C/c1cc(Cl)c(OCC)c(OCC)c1. The number of halogens is 1. The number of unbranched alkanes of at least 4 members (excludes halogenated alkanes) is 1. The number of rotatable bonds is 9. The first-order valence-corrected chi connectivity index (χ1v) is 7.91. The van der Waals surface area contributed by atoms with E-state index in [4.69, 9.17) is 21.1 Å². The minimum atomic E-state index is -0.0971. The molecule has 22 heavy (non-hydrogen) atoms. The Balaban J connectivity index is 2.80. The number of carbonyl (C=O) groups excluding carboxylic acids is 1. The van der Waals surface area contributed by atoms with Crippen LogP contribution in [-0.4, -0.2) is 25.3 Å². The molecular formula is C16H23ClN2O3. The van der Waals surface area contributed by atoms with Gasteiger partial charge in [-0.05, 0) is 38.0 Å². The lowest BCUT2D eigenvalue weighted by Gasteiger charge is -2.13. The lowest BCUT2D eigenvalue weighted by Crippen LogP contribution is -2.16. The van der Waals surface area contributed by atoms with Gasteiger partial charge in [-0.25, -0.2) is 5.43 Å². The summed E-state index contributed by atoms with van der Waals surface area (Å²) in [6.45, 7) is 6.81. The largest absolute Gasteiger partial charge is 0.490 e. The summed E-state index contributed by atoms with van der Waals surface area (Å²) in [4.78, 5) is 11.5. The van der Waals surface area contributed by atoms with E-state index in [0.717, 1.165) is 18.4 Å². The zero-order valence-electron chi connectivity index (χ0n) is 13.3. The van der Waals surface area contributed by atoms with E-state index in [1.807, 2.05) is 20.8 Å². The van der Waals surface area contributed by atoms with Crippen LogP contribution in [0.1, 0.15) is 45.6 Å². The molecule has 1 amide bonds. The Morgan fingerprint density at radius 3 is 2.64 bits per heavy atom. The quantitative estimate of drug-likeness (QED) is 0.555. The van der Waals surface area contributed by atoms with Crippen LogP contribution in [0.4, 0.5) is 0 Å². The maximum absolute atomic E-state index is 11.5. The van der Waals surface area contributed by atoms with Gasteiger partial charge in [0.05, 0.1) is 24.5 Å². The molecule has 0 aromatic heterocycles. The lowest BCUT2D eigenvalue weighted by atomic mass is 10.2. The highest BCUT2D eigenvalue weighted by Crippen LogP contribution is 2.36. The molecule has 0 saturated heterocycles. The summed E-state index contributed by atoms with van der Waals surface area (Å²) in [5.74, 6) is 0.992. The number of ether oxygens (including phenoxy) is 2. The smallest absolute Gasteiger partial charge is 0.240 e. The highest BCUT2D eigenvalue weighted by Gasteiger charge is 2.11. The Morgan fingerprint density at radius 1 is 1.27 bits per heavy atom. The average Bonchev–Trinajstić information content (AvgIpc) is 2.49. The van der Waals surface area contributed by atoms with Crippen molar-refractivity contribution in [1.29, 1.82) is 0 Å². The fraction of sp³-hybridized carbons (Fsp3) is 0.500. The number of nitrogens with one attached hydrogen (secondary N) is 1. The summed E-state index contributed by atoms with van der Waals surface area (Å²) in [6, 6.07) is 3.50. The lowest BCUT2D eigenvalue weighted by molar-refractivity contribution is -0.121. The summed E-state index contributed by atoms with van der Waals surface area (Å²) in [5, 5.41) is 4.38. The van der Waals surface area contributed by atoms with Gasteiger partial charge in [0.1, 0.15) is 0 Å². The third-order valence-electron chi connectivity index (χ3n) is 2.78. The number of hydrogen-bond acceptors (Lipinski definition) is 4. The Hall–Kier alpha value is -1.75. The summed E-state index contributed by atoms with van der Waals surface area (Å²) in [6.07, 6.45) is 3.84. The zero-order valence-corrected chi connectivity index (χ0v) is 14.1. The van der Waals surface area contributed by atoms with E-state index in [1.165, 1.54) is 6.21 Å². The van der Waals surface area contributed by atoms with Gasteiger partial charge in [-0.2, -0.15) is 5.10 Å². The molecule has 0 radical (unpaired) electrons. The van der Waals surface area contributed by atoms with Crippen molar-refractivity contribution >= 4 is 23.7 Å². The van der Waals surface area contributed by atoms with Gasteiger partial charge in [0.25, 0.3) is 0 Å². The maximum Gasteiger partial charge on any atom is 0.240 e. The molecule has 122 valence electrons. The normalized spacial score (nSPS) is 10.7. The Kier molecular flexibility index (Phi) is 8.36. The van der Waals surface area contributed by atoms with Gasteiger partial charge in [0.15, 0.2) is 11.5 Å². The van der Waals surface area contributed by atoms with Gasteiger partial charge in [-0.1, -0.05) is 24.9 Å². The van der Waals surface area contributed by atoms with Gasteiger partial charge >= 0.3 is 0 Å². The molecule has 0 aliphatic heterocycles. The van der Waals surface area contributed by atoms with Crippen LogP contribution >= 0.6 is 11.6 Å².